The number of rotatable bonds is 7. The molecule has 0 saturated carbocycles. The molecule has 1 N–H and O–H groups in total. The van der Waals surface area contributed by atoms with Crippen LogP contribution < -0.4 is 0 Å². The topological polar surface area (TPSA) is 57.6 Å². The summed E-state index contributed by atoms with van der Waals surface area (Å²) in [5.74, 6) is -1.42. The molecule has 0 aromatic heterocycles. The molecule has 1 heterocycles. The summed E-state index contributed by atoms with van der Waals surface area (Å²) in [7, 11) is 0. The lowest BCUT2D eigenvalue weighted by molar-refractivity contribution is -0.137. The van der Waals surface area contributed by atoms with Gasteiger partial charge in [0.25, 0.3) is 5.91 Å². The van der Waals surface area contributed by atoms with Gasteiger partial charge >= 0.3 is 5.97 Å². The van der Waals surface area contributed by atoms with Crippen LogP contribution in [0.3, 0.4) is 0 Å². The Hall–Kier alpha value is -1.73. The van der Waals surface area contributed by atoms with Gasteiger partial charge in [-0.25, -0.2) is 4.39 Å². The van der Waals surface area contributed by atoms with E-state index in [4.69, 9.17) is 17.3 Å². The van der Waals surface area contributed by atoms with Crippen LogP contribution in [0.2, 0.25) is 0 Å². The Morgan fingerprint density at radius 1 is 1.30 bits per heavy atom. The van der Waals surface area contributed by atoms with Crippen LogP contribution in [0.4, 0.5) is 4.39 Å². The van der Waals surface area contributed by atoms with Gasteiger partial charge in [-0.2, -0.15) is 0 Å². The van der Waals surface area contributed by atoms with Crippen LogP contribution in [0.1, 0.15) is 31.2 Å². The number of aliphatic carboxylic acids is 1. The third-order valence-electron chi connectivity index (χ3n) is 3.34. The van der Waals surface area contributed by atoms with Gasteiger partial charge in [0.15, 0.2) is 0 Å². The van der Waals surface area contributed by atoms with Crippen LogP contribution in [0.15, 0.2) is 29.2 Å². The first-order chi connectivity index (χ1) is 11.0. The first-order valence-corrected chi connectivity index (χ1v) is 8.43. The van der Waals surface area contributed by atoms with Gasteiger partial charge in [0.2, 0.25) is 0 Å². The lowest BCUT2D eigenvalue weighted by Crippen LogP contribution is -2.29. The van der Waals surface area contributed by atoms with Crippen molar-refractivity contribution in [1.29, 1.82) is 0 Å². The second-order valence-electron chi connectivity index (χ2n) is 5.06. The van der Waals surface area contributed by atoms with E-state index in [-0.39, 0.29) is 18.1 Å². The van der Waals surface area contributed by atoms with Crippen molar-refractivity contribution in [3.8, 4) is 0 Å². The van der Waals surface area contributed by atoms with Crippen molar-refractivity contribution >= 4 is 46.3 Å². The number of carbonyl (C=O) groups excluding carboxylic acids is 1. The predicted molar refractivity (Wildman–Crippen MR) is 92.4 cm³/mol. The molecule has 0 spiro atoms. The summed E-state index contributed by atoms with van der Waals surface area (Å²) >= 11 is 6.36. The number of carbonyl (C=O) groups is 2. The summed E-state index contributed by atoms with van der Waals surface area (Å²) in [6.45, 7) is 0.457. The van der Waals surface area contributed by atoms with Gasteiger partial charge in [0.05, 0.1) is 4.91 Å². The third-order valence-corrected chi connectivity index (χ3v) is 4.72. The summed E-state index contributed by atoms with van der Waals surface area (Å²) in [5.41, 5.74) is 0.356. The SMILES string of the molecule is O=C(O)CCCCCN1C(=O)/C(=C/c2ccccc2F)SC1=S. The number of carboxylic acids is 1. The van der Waals surface area contributed by atoms with E-state index >= 15 is 0 Å². The van der Waals surface area contributed by atoms with Gasteiger partial charge in [-0.05, 0) is 25.0 Å². The molecule has 0 bridgehead atoms. The molecule has 1 aromatic rings. The normalized spacial score (nSPS) is 16.4. The van der Waals surface area contributed by atoms with Gasteiger partial charge in [-0.1, -0.05) is 48.6 Å². The molecule has 0 unspecified atom stereocenters. The van der Waals surface area contributed by atoms with E-state index in [1.807, 2.05) is 0 Å². The highest BCUT2D eigenvalue weighted by atomic mass is 32.2. The van der Waals surface area contributed by atoms with Gasteiger partial charge in [0, 0.05) is 18.5 Å². The largest absolute Gasteiger partial charge is 0.481 e. The van der Waals surface area contributed by atoms with Gasteiger partial charge in [0.1, 0.15) is 10.1 Å². The smallest absolute Gasteiger partial charge is 0.303 e. The number of thiocarbonyl (C=S) groups is 1. The molecule has 0 aliphatic carbocycles. The van der Waals surface area contributed by atoms with Crippen LogP contribution in [0.5, 0.6) is 0 Å². The third kappa shape index (κ3) is 4.87. The Balaban J connectivity index is 1.95. The fourth-order valence-corrected chi connectivity index (χ4v) is 3.45. The fraction of sp³-hybridized carbons (Fsp3) is 0.312. The van der Waals surface area contributed by atoms with E-state index in [0.29, 0.717) is 34.2 Å². The molecule has 1 amide bonds. The Kier molecular flexibility index (Phi) is 6.29. The summed E-state index contributed by atoms with van der Waals surface area (Å²) in [4.78, 5) is 24.7. The second-order valence-corrected chi connectivity index (χ2v) is 6.74. The Bertz CT molecular complexity index is 660. The summed E-state index contributed by atoms with van der Waals surface area (Å²) in [6, 6.07) is 6.25. The molecule has 1 aliphatic rings. The molecule has 2 rings (SSSR count). The molecule has 23 heavy (non-hydrogen) atoms. The molecule has 0 radical (unpaired) electrons. The minimum atomic E-state index is -0.816. The molecular formula is C16H16FNO3S2. The molecule has 1 aromatic carbocycles. The van der Waals surface area contributed by atoms with E-state index in [0.717, 1.165) is 18.2 Å². The minimum Gasteiger partial charge on any atom is -0.481 e. The Labute approximate surface area is 143 Å². The second kappa shape index (κ2) is 8.21. The van der Waals surface area contributed by atoms with Crippen LogP contribution in [-0.2, 0) is 9.59 Å². The molecule has 7 heteroatoms. The zero-order valence-electron chi connectivity index (χ0n) is 12.3. The highest BCUT2D eigenvalue weighted by Crippen LogP contribution is 2.33. The van der Waals surface area contributed by atoms with Gasteiger partial charge < -0.3 is 5.11 Å². The molecule has 0 atom stereocenters. The Morgan fingerprint density at radius 2 is 2.04 bits per heavy atom. The van der Waals surface area contributed by atoms with Crippen LogP contribution >= 0.6 is 24.0 Å². The number of benzene rings is 1. The van der Waals surface area contributed by atoms with Crippen LogP contribution in [0, 0.1) is 5.82 Å². The van der Waals surface area contributed by atoms with E-state index in [1.54, 1.807) is 18.2 Å². The van der Waals surface area contributed by atoms with E-state index < -0.39 is 5.97 Å². The van der Waals surface area contributed by atoms with Crippen molar-refractivity contribution < 1.29 is 19.1 Å². The molecule has 1 saturated heterocycles. The monoisotopic (exact) mass is 353 g/mol. The zero-order chi connectivity index (χ0) is 16.8. The highest BCUT2D eigenvalue weighted by Gasteiger charge is 2.31. The molecule has 4 nitrogen and oxygen atoms in total. The maximum Gasteiger partial charge on any atom is 0.303 e. The number of hydrogen-bond donors (Lipinski definition) is 1. The highest BCUT2D eigenvalue weighted by molar-refractivity contribution is 8.26. The average Bonchev–Trinajstić information content (AvgIpc) is 2.76. The number of thioether (sulfide) groups is 1. The van der Waals surface area contributed by atoms with Crippen molar-refractivity contribution in [3.63, 3.8) is 0 Å². The van der Waals surface area contributed by atoms with Crippen molar-refractivity contribution in [3.05, 3.63) is 40.6 Å². The van der Waals surface area contributed by atoms with Crippen molar-refractivity contribution in [2.24, 2.45) is 0 Å². The van der Waals surface area contributed by atoms with Crippen molar-refractivity contribution in [2.75, 3.05) is 6.54 Å². The molecule has 122 valence electrons. The Morgan fingerprint density at radius 3 is 2.74 bits per heavy atom. The number of carboxylic acid groups (broad SMARTS) is 1. The average molecular weight is 353 g/mol. The number of unbranched alkanes of at least 4 members (excludes halogenated alkanes) is 2. The van der Waals surface area contributed by atoms with E-state index in [1.165, 1.54) is 17.0 Å². The summed E-state index contributed by atoms with van der Waals surface area (Å²) < 4.78 is 14.1. The first-order valence-electron chi connectivity index (χ1n) is 7.20. The quantitative estimate of drug-likeness (QED) is 0.460. The lowest BCUT2D eigenvalue weighted by atomic mass is 10.2. The molecule has 1 fully saturated rings. The fourth-order valence-electron chi connectivity index (χ4n) is 2.15. The number of nitrogens with zero attached hydrogens (tertiary/aromatic N) is 1. The predicted octanol–water partition coefficient (Wildman–Crippen LogP) is 3.67. The molecule has 1 aliphatic heterocycles. The standard InChI is InChI=1S/C16H16FNO3S2/c17-12-7-4-3-6-11(12)10-13-15(21)18(16(22)23-13)9-5-1-2-8-14(19)20/h3-4,6-7,10H,1-2,5,8-9H2,(H,19,20)/b13-10-. The molecular weight excluding hydrogens is 337 g/mol. The number of hydrogen-bond acceptors (Lipinski definition) is 4. The van der Waals surface area contributed by atoms with Gasteiger partial charge in [-0.15, -0.1) is 0 Å². The van der Waals surface area contributed by atoms with Crippen molar-refractivity contribution in [2.45, 2.75) is 25.7 Å². The first kappa shape index (κ1) is 17.6. The maximum absolute atomic E-state index is 13.7. The number of amides is 1. The van der Waals surface area contributed by atoms with E-state index in [2.05, 4.69) is 0 Å². The van der Waals surface area contributed by atoms with Crippen molar-refractivity contribution in [1.82, 2.24) is 4.90 Å². The minimum absolute atomic E-state index is 0.131. The van der Waals surface area contributed by atoms with Crippen LogP contribution in [-0.4, -0.2) is 32.7 Å². The van der Waals surface area contributed by atoms with Crippen LogP contribution in [0.25, 0.3) is 6.08 Å². The lowest BCUT2D eigenvalue weighted by Gasteiger charge is -2.13. The summed E-state index contributed by atoms with van der Waals surface area (Å²) in [6.07, 6.45) is 3.63. The summed E-state index contributed by atoms with van der Waals surface area (Å²) in [5, 5.41) is 8.58. The number of halogens is 1. The maximum atomic E-state index is 13.7. The van der Waals surface area contributed by atoms with Gasteiger partial charge in [-0.3, -0.25) is 14.5 Å². The van der Waals surface area contributed by atoms with E-state index in [9.17, 15) is 14.0 Å². The zero-order valence-corrected chi connectivity index (χ0v) is 14.0.